The van der Waals surface area contributed by atoms with Crippen LogP contribution in [0.3, 0.4) is 0 Å². The average Bonchev–Trinajstić information content (AvgIpc) is 2.83. The van der Waals surface area contributed by atoms with Gasteiger partial charge in [-0.05, 0) is 42.7 Å². The van der Waals surface area contributed by atoms with Crippen LogP contribution in [-0.4, -0.2) is 21.4 Å². The largest absolute Gasteiger partial charge is 0.283 e. The van der Waals surface area contributed by atoms with Gasteiger partial charge in [-0.3, -0.25) is 20.4 Å². The van der Waals surface area contributed by atoms with E-state index < -0.39 is 17.6 Å². The van der Waals surface area contributed by atoms with E-state index in [-0.39, 0.29) is 5.56 Å². The van der Waals surface area contributed by atoms with Crippen molar-refractivity contribution in [1.82, 2.24) is 20.4 Å². The van der Waals surface area contributed by atoms with Crippen LogP contribution >= 0.6 is 11.5 Å². The highest BCUT2D eigenvalue weighted by atomic mass is 32.1. The number of carbonyl (C=O) groups is 2. The molecule has 98 valence electrons. The van der Waals surface area contributed by atoms with E-state index in [2.05, 4.69) is 20.4 Å². The average molecular weight is 280 g/mol. The van der Waals surface area contributed by atoms with Gasteiger partial charge in [-0.15, -0.1) is 5.10 Å². The summed E-state index contributed by atoms with van der Waals surface area (Å²) in [4.78, 5) is 23.6. The molecule has 0 spiro atoms. The molecule has 0 bridgehead atoms. The van der Waals surface area contributed by atoms with Crippen molar-refractivity contribution in [2.75, 3.05) is 0 Å². The lowest BCUT2D eigenvalue weighted by Gasteiger charge is -2.06. The fourth-order valence-corrected chi connectivity index (χ4v) is 1.84. The van der Waals surface area contributed by atoms with Gasteiger partial charge in [-0.2, -0.15) is 0 Å². The number of amides is 2. The molecule has 0 radical (unpaired) electrons. The van der Waals surface area contributed by atoms with E-state index in [1.165, 1.54) is 12.1 Å². The number of nitrogens with zero attached hydrogens (tertiary/aromatic N) is 2. The number of halogens is 1. The second kappa shape index (κ2) is 5.53. The Hall–Kier alpha value is -2.35. The molecule has 1 heterocycles. The fourth-order valence-electron chi connectivity index (χ4n) is 1.28. The quantitative estimate of drug-likeness (QED) is 0.806. The van der Waals surface area contributed by atoms with Crippen LogP contribution < -0.4 is 10.9 Å². The summed E-state index contributed by atoms with van der Waals surface area (Å²) in [6, 6.07) is 4.95. The molecule has 19 heavy (non-hydrogen) atoms. The molecule has 0 unspecified atom stereocenters. The molecule has 2 N–H and O–H groups in total. The summed E-state index contributed by atoms with van der Waals surface area (Å²) in [6.45, 7) is 1.64. The third-order valence-electron chi connectivity index (χ3n) is 2.25. The monoisotopic (exact) mass is 280 g/mol. The van der Waals surface area contributed by atoms with Crippen LogP contribution in [0.4, 0.5) is 4.39 Å². The van der Waals surface area contributed by atoms with E-state index in [1.54, 1.807) is 6.92 Å². The van der Waals surface area contributed by atoms with Crippen LogP contribution in [0.15, 0.2) is 24.3 Å². The van der Waals surface area contributed by atoms with Crippen molar-refractivity contribution in [3.63, 3.8) is 0 Å². The number of rotatable bonds is 2. The van der Waals surface area contributed by atoms with Crippen molar-refractivity contribution in [3.8, 4) is 0 Å². The van der Waals surface area contributed by atoms with Crippen LogP contribution in [0, 0.1) is 12.7 Å². The van der Waals surface area contributed by atoms with Gasteiger partial charge < -0.3 is 0 Å². The first kappa shape index (κ1) is 13.1. The molecule has 0 atom stereocenters. The van der Waals surface area contributed by atoms with Crippen LogP contribution in [0.25, 0.3) is 0 Å². The van der Waals surface area contributed by atoms with E-state index in [0.717, 1.165) is 23.7 Å². The summed E-state index contributed by atoms with van der Waals surface area (Å²) >= 11 is 0.933. The summed E-state index contributed by atoms with van der Waals surface area (Å²) in [7, 11) is 0. The maximum Gasteiger partial charge on any atom is 0.283 e. The second-order valence-electron chi connectivity index (χ2n) is 3.60. The van der Waals surface area contributed by atoms with Crippen molar-refractivity contribution in [1.29, 1.82) is 0 Å². The Morgan fingerprint density at radius 1 is 1.16 bits per heavy atom. The summed E-state index contributed by atoms with van der Waals surface area (Å²) < 4.78 is 16.3. The molecule has 6 nitrogen and oxygen atoms in total. The van der Waals surface area contributed by atoms with Gasteiger partial charge in [0.15, 0.2) is 0 Å². The highest BCUT2D eigenvalue weighted by molar-refractivity contribution is 7.07. The molecule has 0 aliphatic carbocycles. The molecule has 0 fully saturated rings. The number of aryl methyl sites for hydroxylation is 1. The molecular weight excluding hydrogens is 271 g/mol. The zero-order chi connectivity index (χ0) is 13.8. The molecule has 2 aromatic rings. The van der Waals surface area contributed by atoms with Crippen LogP contribution in [0.2, 0.25) is 0 Å². The van der Waals surface area contributed by atoms with Crippen molar-refractivity contribution in [2.45, 2.75) is 6.92 Å². The first-order valence-corrected chi connectivity index (χ1v) is 6.00. The van der Waals surface area contributed by atoms with E-state index in [4.69, 9.17) is 0 Å². The van der Waals surface area contributed by atoms with Gasteiger partial charge in [0.2, 0.25) is 0 Å². The number of hydrogen-bond acceptors (Lipinski definition) is 5. The molecular formula is C11H9FN4O2S. The molecule has 0 aliphatic rings. The molecule has 0 aliphatic heterocycles. The van der Waals surface area contributed by atoms with E-state index in [0.29, 0.717) is 10.6 Å². The van der Waals surface area contributed by atoms with Crippen molar-refractivity contribution < 1.29 is 14.0 Å². The Morgan fingerprint density at radius 3 is 2.37 bits per heavy atom. The van der Waals surface area contributed by atoms with E-state index in [1.807, 2.05) is 0 Å². The first-order chi connectivity index (χ1) is 9.08. The maximum absolute atomic E-state index is 12.7. The Kier molecular flexibility index (Phi) is 3.81. The predicted octanol–water partition coefficient (Wildman–Crippen LogP) is 1.06. The smallest absolute Gasteiger partial charge is 0.267 e. The van der Waals surface area contributed by atoms with Crippen molar-refractivity contribution >= 4 is 23.3 Å². The molecule has 0 saturated heterocycles. The zero-order valence-electron chi connectivity index (χ0n) is 9.81. The van der Waals surface area contributed by atoms with Gasteiger partial charge in [0.1, 0.15) is 10.7 Å². The lowest BCUT2D eigenvalue weighted by atomic mass is 10.2. The van der Waals surface area contributed by atoms with Crippen LogP contribution in [0.1, 0.15) is 25.7 Å². The number of benzene rings is 1. The van der Waals surface area contributed by atoms with E-state index in [9.17, 15) is 14.0 Å². The Bertz CT molecular complexity index is 611. The Labute approximate surface area is 111 Å². The molecule has 1 aromatic heterocycles. The van der Waals surface area contributed by atoms with Crippen LogP contribution in [0.5, 0.6) is 0 Å². The highest BCUT2D eigenvalue weighted by Gasteiger charge is 2.14. The van der Waals surface area contributed by atoms with Gasteiger partial charge in [0, 0.05) is 5.56 Å². The second-order valence-corrected chi connectivity index (χ2v) is 4.36. The fraction of sp³-hybridized carbons (Fsp3) is 0.0909. The summed E-state index contributed by atoms with van der Waals surface area (Å²) in [6.07, 6.45) is 0. The third-order valence-corrected chi connectivity index (χ3v) is 3.08. The van der Waals surface area contributed by atoms with Crippen molar-refractivity contribution in [2.24, 2.45) is 0 Å². The lowest BCUT2D eigenvalue weighted by Crippen LogP contribution is -2.41. The molecule has 1 aromatic carbocycles. The minimum absolute atomic E-state index is 0.237. The number of hydrazine groups is 1. The number of nitrogens with one attached hydrogen (secondary N) is 2. The highest BCUT2D eigenvalue weighted by Crippen LogP contribution is 2.08. The third kappa shape index (κ3) is 3.10. The molecule has 2 amide bonds. The Morgan fingerprint density at radius 2 is 1.79 bits per heavy atom. The van der Waals surface area contributed by atoms with Crippen LogP contribution in [-0.2, 0) is 0 Å². The SMILES string of the molecule is Cc1nnsc1C(=O)NNC(=O)c1ccc(F)cc1. The molecule has 8 heteroatoms. The minimum atomic E-state index is -0.538. The maximum atomic E-state index is 12.7. The Balaban J connectivity index is 1.96. The number of aromatic nitrogens is 2. The predicted molar refractivity (Wildman–Crippen MR) is 66.0 cm³/mol. The van der Waals surface area contributed by atoms with E-state index >= 15 is 0 Å². The number of hydrogen-bond donors (Lipinski definition) is 2. The lowest BCUT2D eigenvalue weighted by molar-refractivity contribution is 0.0848. The normalized spacial score (nSPS) is 10.0. The zero-order valence-corrected chi connectivity index (χ0v) is 10.6. The van der Waals surface area contributed by atoms with Gasteiger partial charge in [-0.25, -0.2) is 4.39 Å². The molecule has 2 rings (SSSR count). The summed E-state index contributed by atoms with van der Waals surface area (Å²) in [5, 5.41) is 3.69. The molecule has 0 saturated carbocycles. The summed E-state index contributed by atoms with van der Waals surface area (Å²) in [5.41, 5.74) is 5.18. The van der Waals surface area contributed by atoms with Gasteiger partial charge in [0.25, 0.3) is 11.8 Å². The van der Waals surface area contributed by atoms with Gasteiger partial charge >= 0.3 is 0 Å². The van der Waals surface area contributed by atoms with Gasteiger partial charge in [-0.1, -0.05) is 4.49 Å². The van der Waals surface area contributed by atoms with Gasteiger partial charge in [0.05, 0.1) is 5.69 Å². The minimum Gasteiger partial charge on any atom is -0.267 e. The summed E-state index contributed by atoms with van der Waals surface area (Å²) in [5.74, 6) is -1.47. The standard InChI is InChI=1S/C11H9FN4O2S/c1-6-9(19-16-13-6)11(18)15-14-10(17)7-2-4-8(12)5-3-7/h2-5H,1H3,(H,14,17)(H,15,18). The van der Waals surface area contributed by atoms with Crippen molar-refractivity contribution in [3.05, 3.63) is 46.2 Å². The number of carbonyl (C=O) groups excluding carboxylic acids is 2. The topological polar surface area (TPSA) is 84.0 Å². The first-order valence-electron chi connectivity index (χ1n) is 5.23.